The summed E-state index contributed by atoms with van der Waals surface area (Å²) in [5, 5.41) is 13.6. The van der Waals surface area contributed by atoms with E-state index in [2.05, 4.69) is 10.1 Å². The number of hydrogen-bond acceptors (Lipinski definition) is 10. The van der Waals surface area contributed by atoms with Gasteiger partial charge in [-0.3, -0.25) is 19.6 Å². The second-order valence-electron chi connectivity index (χ2n) is 8.99. The highest BCUT2D eigenvalue weighted by Gasteiger charge is 2.55. The molecule has 0 unspecified atom stereocenters. The fourth-order valence-corrected chi connectivity index (χ4v) is 6.20. The summed E-state index contributed by atoms with van der Waals surface area (Å²) in [6, 6.07) is 0.200. The summed E-state index contributed by atoms with van der Waals surface area (Å²) in [6.45, 7) is 4.00. The fourth-order valence-electron chi connectivity index (χ4n) is 4.60. The van der Waals surface area contributed by atoms with Crippen molar-refractivity contribution in [3.8, 4) is 11.6 Å². The molecule has 0 aliphatic carbocycles. The Bertz CT molecular complexity index is 1220. The number of hydroxylamine groups is 1. The second-order valence-corrected chi connectivity index (χ2v) is 10.9. The Labute approximate surface area is 214 Å². The molecule has 202 valence electrons. The molecule has 2 aromatic heterocycles. The number of amides is 2. The Morgan fingerprint density at radius 3 is 2.62 bits per heavy atom. The molecule has 2 amide bonds. The van der Waals surface area contributed by atoms with Crippen molar-refractivity contribution in [2.45, 2.75) is 55.8 Å². The third kappa shape index (κ3) is 5.39. The number of sulfonamides is 1. The first-order valence-corrected chi connectivity index (χ1v) is 13.2. The zero-order valence-corrected chi connectivity index (χ0v) is 21.5. The van der Waals surface area contributed by atoms with Gasteiger partial charge in [0.05, 0.1) is 31.2 Å². The van der Waals surface area contributed by atoms with Crippen molar-refractivity contribution in [3.63, 3.8) is 0 Å². The maximum atomic E-state index is 13.6. The van der Waals surface area contributed by atoms with Gasteiger partial charge in [-0.1, -0.05) is 0 Å². The lowest BCUT2D eigenvalue weighted by Gasteiger charge is -2.44. The maximum absolute atomic E-state index is 13.6. The van der Waals surface area contributed by atoms with E-state index in [1.165, 1.54) is 30.3 Å². The number of aromatic nitrogens is 3. The fraction of sp³-hybridized carbons (Fsp3) is 0.545. The predicted octanol–water partition coefficient (Wildman–Crippen LogP) is 1.15. The number of carbonyl (C=O) groups is 2. The van der Waals surface area contributed by atoms with Crippen LogP contribution in [0.5, 0.6) is 11.6 Å². The van der Waals surface area contributed by atoms with Crippen LogP contribution in [-0.4, -0.2) is 94.6 Å². The van der Waals surface area contributed by atoms with Crippen molar-refractivity contribution in [2.24, 2.45) is 0 Å². The topological polar surface area (TPSA) is 165 Å². The Balaban J connectivity index is 1.55. The Morgan fingerprint density at radius 1 is 1.22 bits per heavy atom. The van der Waals surface area contributed by atoms with E-state index in [0.717, 1.165) is 10.5 Å². The van der Waals surface area contributed by atoms with Gasteiger partial charge in [-0.2, -0.15) is 9.40 Å². The number of pyridine rings is 1. The number of methoxy groups -OCH3 is 1. The lowest BCUT2D eigenvalue weighted by molar-refractivity contribution is -0.136. The number of piperazine rings is 1. The van der Waals surface area contributed by atoms with Crippen LogP contribution >= 0.6 is 0 Å². The number of rotatable bonds is 9. The van der Waals surface area contributed by atoms with E-state index in [1.807, 2.05) is 13.8 Å². The molecule has 2 saturated heterocycles. The van der Waals surface area contributed by atoms with Gasteiger partial charge in [0.15, 0.2) is 5.75 Å². The van der Waals surface area contributed by atoms with E-state index < -0.39 is 40.1 Å². The van der Waals surface area contributed by atoms with Crippen LogP contribution in [0.3, 0.4) is 0 Å². The highest BCUT2D eigenvalue weighted by Crippen LogP contribution is 2.38. The van der Waals surface area contributed by atoms with Gasteiger partial charge in [-0.15, -0.1) is 0 Å². The summed E-state index contributed by atoms with van der Waals surface area (Å²) in [4.78, 5) is 30.7. The molecule has 0 spiro atoms. The summed E-state index contributed by atoms with van der Waals surface area (Å²) in [5.74, 6) is -0.337. The van der Waals surface area contributed by atoms with Crippen LogP contribution in [0.2, 0.25) is 0 Å². The molecule has 3 atom stereocenters. The lowest BCUT2D eigenvalue weighted by Crippen LogP contribution is -2.66. The zero-order chi connectivity index (χ0) is 26.7. The van der Waals surface area contributed by atoms with Gasteiger partial charge in [0.25, 0.3) is 5.91 Å². The smallest absolute Gasteiger partial charge is 0.410 e. The van der Waals surface area contributed by atoms with Gasteiger partial charge < -0.3 is 14.2 Å². The predicted molar refractivity (Wildman–Crippen MR) is 126 cm³/mol. The standard InChI is InChI=1S/C22H30N6O8S/c1-14(2)26-13-16(10-24-26)36-19-7-5-17(11-23-19)37(32,33)27-12-15-4-6-18(20(27)21(29)25-31)28(15)22(30)35-9-8-34-3/h5,7,10-11,13-15,18,20,31H,4,6,8-9,12H2,1-3H3,(H,25,29)/t15-,18+,20-/m1/s1. The average Bonchev–Trinajstić information content (AvgIpc) is 3.47. The number of carbonyl (C=O) groups excluding carboxylic acids is 2. The molecule has 0 aromatic carbocycles. The first kappa shape index (κ1) is 26.8. The molecule has 0 saturated carbocycles. The Kier molecular flexibility index (Phi) is 7.96. The van der Waals surface area contributed by atoms with E-state index in [1.54, 1.807) is 16.4 Å². The molecule has 0 radical (unpaired) electrons. The molecular weight excluding hydrogens is 508 g/mol. The average molecular weight is 539 g/mol. The third-order valence-corrected chi connectivity index (χ3v) is 8.19. The molecule has 2 bridgehead atoms. The van der Waals surface area contributed by atoms with Crippen molar-refractivity contribution in [2.75, 3.05) is 26.9 Å². The van der Waals surface area contributed by atoms with Gasteiger partial charge in [0, 0.05) is 31.8 Å². The van der Waals surface area contributed by atoms with Gasteiger partial charge in [0.1, 0.15) is 17.5 Å². The van der Waals surface area contributed by atoms with Crippen LogP contribution in [0.25, 0.3) is 0 Å². The molecule has 2 N–H and O–H groups in total. The quantitative estimate of drug-likeness (QED) is 0.269. The lowest BCUT2D eigenvalue weighted by atomic mass is 10.1. The molecule has 2 aromatic rings. The van der Waals surface area contributed by atoms with Crippen molar-refractivity contribution in [1.29, 1.82) is 0 Å². The van der Waals surface area contributed by atoms with Crippen molar-refractivity contribution < 1.29 is 37.4 Å². The molecule has 2 aliphatic heterocycles. The number of ether oxygens (including phenoxy) is 3. The van der Waals surface area contributed by atoms with Gasteiger partial charge in [-0.25, -0.2) is 23.7 Å². The molecule has 2 fully saturated rings. The van der Waals surface area contributed by atoms with Gasteiger partial charge in [-0.05, 0) is 32.8 Å². The number of nitrogens with one attached hydrogen (secondary N) is 1. The third-order valence-electron chi connectivity index (χ3n) is 6.36. The maximum Gasteiger partial charge on any atom is 0.410 e. The highest BCUT2D eigenvalue weighted by molar-refractivity contribution is 7.89. The second kappa shape index (κ2) is 11.0. The first-order valence-electron chi connectivity index (χ1n) is 11.7. The summed E-state index contributed by atoms with van der Waals surface area (Å²) < 4.78 is 45.7. The van der Waals surface area contributed by atoms with E-state index in [0.29, 0.717) is 18.6 Å². The monoisotopic (exact) mass is 538 g/mol. The van der Waals surface area contributed by atoms with Crippen molar-refractivity contribution in [1.82, 2.24) is 29.4 Å². The van der Waals surface area contributed by atoms with E-state index >= 15 is 0 Å². The SMILES string of the molecule is COCCOC(=O)N1[C@@H]2CC[C@H]1[C@H](C(=O)NO)N(S(=O)(=O)c1ccc(Oc3cnn(C(C)C)c3)nc1)C2. The minimum absolute atomic E-state index is 0.0164. The van der Waals surface area contributed by atoms with Gasteiger partial charge >= 0.3 is 6.09 Å². The minimum atomic E-state index is -4.23. The van der Waals surface area contributed by atoms with Crippen LogP contribution in [0.4, 0.5) is 4.79 Å². The number of fused-ring (bicyclic) bond motifs is 2. The van der Waals surface area contributed by atoms with Crippen LogP contribution in [0.1, 0.15) is 32.7 Å². The van der Waals surface area contributed by atoms with Crippen LogP contribution in [0.15, 0.2) is 35.6 Å². The molecular formula is C22H30N6O8S. The van der Waals surface area contributed by atoms with Crippen molar-refractivity contribution in [3.05, 3.63) is 30.7 Å². The van der Waals surface area contributed by atoms with E-state index in [9.17, 15) is 23.2 Å². The van der Waals surface area contributed by atoms with Crippen molar-refractivity contribution >= 4 is 22.0 Å². The summed E-state index contributed by atoms with van der Waals surface area (Å²) in [5.41, 5.74) is 1.54. The summed E-state index contributed by atoms with van der Waals surface area (Å²) in [7, 11) is -2.76. The van der Waals surface area contributed by atoms with Crippen LogP contribution < -0.4 is 10.2 Å². The Morgan fingerprint density at radius 2 is 2.00 bits per heavy atom. The molecule has 14 nitrogen and oxygen atoms in total. The molecule has 37 heavy (non-hydrogen) atoms. The van der Waals surface area contributed by atoms with Crippen LogP contribution in [0, 0.1) is 0 Å². The largest absolute Gasteiger partial charge is 0.447 e. The Hall–Kier alpha value is -3.27. The number of nitrogens with zero attached hydrogens (tertiary/aromatic N) is 5. The number of hydrogen-bond donors (Lipinski definition) is 2. The first-order chi connectivity index (χ1) is 17.7. The van der Waals surface area contributed by atoms with E-state index in [4.69, 9.17) is 14.2 Å². The van der Waals surface area contributed by atoms with Gasteiger partial charge in [0.2, 0.25) is 15.9 Å². The molecule has 4 heterocycles. The molecule has 4 rings (SSSR count). The van der Waals surface area contributed by atoms with E-state index in [-0.39, 0.29) is 36.6 Å². The molecule has 2 aliphatic rings. The summed E-state index contributed by atoms with van der Waals surface area (Å²) in [6.07, 6.45) is 4.54. The summed E-state index contributed by atoms with van der Waals surface area (Å²) >= 11 is 0. The van der Waals surface area contributed by atoms with Crippen LogP contribution in [-0.2, 0) is 24.3 Å². The highest BCUT2D eigenvalue weighted by atomic mass is 32.2. The zero-order valence-electron chi connectivity index (χ0n) is 20.7. The normalized spacial score (nSPS) is 21.8. The molecule has 15 heteroatoms. The minimum Gasteiger partial charge on any atom is -0.447 e.